The Balaban J connectivity index is 0.000000212. The number of piperidine rings is 2. The van der Waals surface area contributed by atoms with Gasteiger partial charge in [-0.25, -0.2) is 9.97 Å². The summed E-state index contributed by atoms with van der Waals surface area (Å²) in [5, 5.41) is 13.3. The van der Waals surface area contributed by atoms with E-state index in [1.807, 2.05) is 121 Å². The molecule has 0 radical (unpaired) electrons. The number of carbonyl (C=O) groups excluding carboxylic acids is 4. The molecule has 2 aliphatic heterocycles. The van der Waals surface area contributed by atoms with E-state index in [2.05, 4.69) is 60.5 Å². The number of nitrogens with zero attached hydrogens (tertiary/aromatic N) is 5. The molecule has 4 aromatic carbocycles. The molecular formula is C58H69ClN8O4S2. The molecule has 0 atom stereocenters. The van der Waals surface area contributed by atoms with Crippen LogP contribution < -0.4 is 16.0 Å². The summed E-state index contributed by atoms with van der Waals surface area (Å²) < 4.78 is 0. The molecule has 12 nitrogen and oxygen atoms in total. The third-order valence-electron chi connectivity index (χ3n) is 12.7. The molecule has 3 N–H and O–H groups in total. The largest absolute Gasteiger partial charge is 0.339 e. The fraction of sp³-hybridized carbons (Fsp3) is 0.345. The van der Waals surface area contributed by atoms with E-state index >= 15 is 0 Å². The summed E-state index contributed by atoms with van der Waals surface area (Å²) in [4.78, 5) is 63.2. The van der Waals surface area contributed by atoms with Crippen LogP contribution in [0.1, 0.15) is 122 Å². The van der Waals surface area contributed by atoms with Gasteiger partial charge in [-0.3, -0.25) is 24.1 Å². The quantitative estimate of drug-likeness (QED) is 0.0864. The van der Waals surface area contributed by atoms with Crippen LogP contribution in [0.4, 0.5) is 11.4 Å². The zero-order valence-electron chi connectivity index (χ0n) is 43.0. The van der Waals surface area contributed by atoms with Gasteiger partial charge in [0.25, 0.3) is 11.8 Å². The summed E-state index contributed by atoms with van der Waals surface area (Å²) in [5.41, 5.74) is 18.3. The van der Waals surface area contributed by atoms with Gasteiger partial charge in [0.05, 0.1) is 28.3 Å². The van der Waals surface area contributed by atoms with Crippen molar-refractivity contribution in [3.63, 3.8) is 0 Å². The van der Waals surface area contributed by atoms with Crippen LogP contribution in [0, 0.1) is 0 Å². The molecule has 2 saturated heterocycles. The molecule has 384 valence electrons. The Morgan fingerprint density at radius 2 is 0.986 bits per heavy atom. The van der Waals surface area contributed by atoms with Crippen molar-refractivity contribution < 1.29 is 19.2 Å². The molecular weight excluding hydrogens is 972 g/mol. The lowest BCUT2D eigenvalue weighted by molar-refractivity contribution is -0.115. The minimum Gasteiger partial charge on any atom is -0.339 e. The van der Waals surface area contributed by atoms with Crippen LogP contribution in [0.5, 0.6) is 0 Å². The molecule has 2 aromatic heterocycles. The first kappa shape index (κ1) is 56.0. The van der Waals surface area contributed by atoms with Gasteiger partial charge >= 0.3 is 0 Å². The van der Waals surface area contributed by atoms with Crippen molar-refractivity contribution in [2.24, 2.45) is 0 Å². The Morgan fingerprint density at radius 3 is 1.36 bits per heavy atom. The van der Waals surface area contributed by atoms with E-state index in [9.17, 15) is 19.2 Å². The van der Waals surface area contributed by atoms with Crippen LogP contribution in [0.2, 0.25) is 0 Å². The van der Waals surface area contributed by atoms with E-state index in [0.29, 0.717) is 43.2 Å². The topological polar surface area (TPSA) is 140 Å². The van der Waals surface area contributed by atoms with E-state index < -0.39 is 0 Å². The number of nitrogens with one attached hydrogen (secondary N) is 3. The van der Waals surface area contributed by atoms with Crippen LogP contribution in [-0.2, 0) is 22.0 Å². The first-order valence-electron chi connectivity index (χ1n) is 25.2. The molecule has 2 aliphatic rings. The van der Waals surface area contributed by atoms with Gasteiger partial charge in [0.2, 0.25) is 11.8 Å². The monoisotopic (exact) mass is 1040 g/mol. The molecule has 4 amide bonds. The number of rotatable bonds is 15. The number of thiazole rings is 2. The summed E-state index contributed by atoms with van der Waals surface area (Å²) >= 11 is 8.62. The van der Waals surface area contributed by atoms with Crippen LogP contribution >= 0.6 is 34.3 Å². The highest BCUT2D eigenvalue weighted by Crippen LogP contribution is 2.35. The number of anilines is 2. The Hall–Kier alpha value is -6.29. The maximum atomic E-state index is 12.8. The van der Waals surface area contributed by atoms with Gasteiger partial charge in [0.1, 0.15) is 0 Å². The zero-order chi connectivity index (χ0) is 52.1. The van der Waals surface area contributed by atoms with Crippen LogP contribution in [0.3, 0.4) is 0 Å². The van der Waals surface area contributed by atoms with Gasteiger partial charge in [-0.05, 0) is 148 Å². The van der Waals surface area contributed by atoms with Crippen molar-refractivity contribution >= 4 is 80.4 Å². The minimum absolute atomic E-state index is 0.0590. The van der Waals surface area contributed by atoms with E-state index in [4.69, 9.17) is 11.6 Å². The molecule has 0 aliphatic carbocycles. The second-order valence-electron chi connectivity index (χ2n) is 17.7. The van der Waals surface area contributed by atoms with Gasteiger partial charge in [-0.1, -0.05) is 59.7 Å². The maximum absolute atomic E-state index is 12.8. The van der Waals surface area contributed by atoms with Gasteiger partial charge in [0.15, 0.2) is 0 Å². The standard InChI is InChI=1S/C29H34N4O2S.C25H31N3O2.C4H4ClNS/c1-4-33(5-2)29(35)24-11-9-22(10-12-24)28(25-7-6-8-26(17-25)31-21(3)34)23-13-15-32(16-14-23)18-27-19-36-20-30-27;1-4-28(5-2)25(30)21-11-9-19(10-12-21)24(20-13-15-26-16-14-20)22-7-6-8-23(17-22)27-18(3)29;5-1-4-2-7-3-6-4/h6-12,17,19-20H,4-5,13-16,18H2,1-3H3,(H,31,34);6-12,17,26H,4-5,13-16H2,1-3H3,(H,27,29);2-3H,1H2. The second-order valence-corrected chi connectivity index (χ2v) is 19.4. The fourth-order valence-corrected chi connectivity index (χ4v) is 10.4. The molecule has 8 rings (SSSR count). The summed E-state index contributed by atoms with van der Waals surface area (Å²) in [5.74, 6) is 0.487. The Bertz CT molecular complexity index is 2770. The SMILES string of the molecule is CCN(CC)C(=O)c1ccc(C(=C2CCN(Cc3cscn3)CC2)c2cccc(NC(C)=O)c2)cc1.CCN(CC)C(=O)c1ccc(C(=C2CCNCC2)c2cccc(NC(C)=O)c2)cc1.ClCc1cscn1. The van der Waals surface area contributed by atoms with Crippen LogP contribution in [-0.4, -0.2) is 101 Å². The Kier molecular flexibility index (Phi) is 22.1. The van der Waals surface area contributed by atoms with Crippen molar-refractivity contribution in [1.82, 2.24) is 30.0 Å². The van der Waals surface area contributed by atoms with Crippen molar-refractivity contribution in [2.75, 3.05) is 63.0 Å². The molecule has 0 saturated carbocycles. The number of alkyl halides is 1. The van der Waals surface area contributed by atoms with Crippen LogP contribution in [0.15, 0.2) is 130 Å². The number of hydrogen-bond donors (Lipinski definition) is 3. The summed E-state index contributed by atoms with van der Waals surface area (Å²) in [6.45, 7) is 18.6. The zero-order valence-corrected chi connectivity index (χ0v) is 45.4. The normalized spacial score (nSPS) is 13.4. The summed E-state index contributed by atoms with van der Waals surface area (Å²) in [6, 6.07) is 32.0. The lowest BCUT2D eigenvalue weighted by Crippen LogP contribution is -2.30. The molecule has 0 bridgehead atoms. The molecule has 0 unspecified atom stereocenters. The first-order valence-corrected chi connectivity index (χ1v) is 27.6. The van der Waals surface area contributed by atoms with Crippen molar-refractivity contribution in [1.29, 1.82) is 0 Å². The number of hydrogen-bond acceptors (Lipinski definition) is 10. The maximum Gasteiger partial charge on any atom is 0.253 e. The molecule has 73 heavy (non-hydrogen) atoms. The number of likely N-dealkylation sites (tertiary alicyclic amines) is 1. The third-order valence-corrected chi connectivity index (χ3v) is 14.3. The highest BCUT2D eigenvalue weighted by Gasteiger charge is 2.22. The first-order chi connectivity index (χ1) is 35.4. The molecule has 2 fully saturated rings. The highest BCUT2D eigenvalue weighted by atomic mass is 35.5. The smallest absolute Gasteiger partial charge is 0.253 e. The Labute approximate surface area is 444 Å². The third kappa shape index (κ3) is 16.4. The number of aromatic nitrogens is 2. The van der Waals surface area contributed by atoms with E-state index in [0.717, 1.165) is 103 Å². The van der Waals surface area contributed by atoms with Crippen molar-refractivity contribution in [3.8, 4) is 0 Å². The van der Waals surface area contributed by atoms with Gasteiger partial charge in [-0.2, -0.15) is 0 Å². The summed E-state index contributed by atoms with van der Waals surface area (Å²) in [6.07, 6.45) is 3.90. The van der Waals surface area contributed by atoms with Gasteiger partial charge < -0.3 is 25.8 Å². The molecule has 6 aromatic rings. The second kappa shape index (κ2) is 28.8. The Morgan fingerprint density at radius 1 is 0.575 bits per heavy atom. The average molecular weight is 1040 g/mol. The molecule has 15 heteroatoms. The summed E-state index contributed by atoms with van der Waals surface area (Å²) in [7, 11) is 0. The van der Waals surface area contributed by atoms with E-state index in [1.165, 1.54) is 36.1 Å². The van der Waals surface area contributed by atoms with Gasteiger partial charge in [-0.15, -0.1) is 34.3 Å². The number of benzene rings is 4. The molecule has 4 heterocycles. The fourth-order valence-electron chi connectivity index (χ4n) is 9.06. The number of amides is 4. The van der Waals surface area contributed by atoms with E-state index in [1.54, 1.807) is 28.2 Å². The van der Waals surface area contributed by atoms with Crippen LogP contribution in [0.25, 0.3) is 11.1 Å². The predicted octanol–water partition coefficient (Wildman–Crippen LogP) is 11.9. The van der Waals surface area contributed by atoms with E-state index in [-0.39, 0.29) is 23.6 Å². The molecule has 0 spiro atoms. The lowest BCUT2D eigenvalue weighted by atomic mass is 9.87. The minimum atomic E-state index is -0.0871. The number of halogens is 1. The highest BCUT2D eigenvalue weighted by molar-refractivity contribution is 7.07. The van der Waals surface area contributed by atoms with Crippen molar-refractivity contribution in [3.05, 3.63) is 175 Å². The lowest BCUT2D eigenvalue weighted by Gasteiger charge is -2.30. The van der Waals surface area contributed by atoms with Crippen molar-refractivity contribution in [2.45, 2.75) is 79.7 Å². The predicted molar refractivity (Wildman–Crippen MR) is 301 cm³/mol. The van der Waals surface area contributed by atoms with Gasteiger partial charge in [0, 0.05) is 92.9 Å². The average Bonchev–Trinajstić information content (AvgIpc) is 4.14. The number of carbonyl (C=O) groups is 4.